The SMILES string of the molecule is CCOc1ncccc1-c1ccc2c(n1)CN(C(=O)CCNC(=O)OC(C)(C)C)C[C@]21CCNC[C@H]1CC. The van der Waals surface area contributed by atoms with Gasteiger partial charge in [-0.15, -0.1) is 0 Å². The van der Waals surface area contributed by atoms with Crippen molar-refractivity contribution in [2.75, 3.05) is 32.8 Å². The van der Waals surface area contributed by atoms with Gasteiger partial charge >= 0.3 is 6.09 Å². The first kappa shape index (κ1) is 27.8. The number of ether oxygens (including phenoxy) is 2. The van der Waals surface area contributed by atoms with Gasteiger partial charge in [-0.1, -0.05) is 19.4 Å². The van der Waals surface area contributed by atoms with Gasteiger partial charge in [0, 0.05) is 31.1 Å². The molecule has 1 saturated heterocycles. The van der Waals surface area contributed by atoms with Gasteiger partial charge in [-0.3, -0.25) is 9.78 Å². The van der Waals surface area contributed by atoms with Crippen molar-refractivity contribution in [1.29, 1.82) is 0 Å². The maximum atomic E-state index is 13.5. The summed E-state index contributed by atoms with van der Waals surface area (Å²) < 4.78 is 11.1. The van der Waals surface area contributed by atoms with Gasteiger partial charge in [0.2, 0.25) is 11.8 Å². The van der Waals surface area contributed by atoms with E-state index in [0.29, 0.717) is 31.5 Å². The highest BCUT2D eigenvalue weighted by atomic mass is 16.6. The van der Waals surface area contributed by atoms with Crippen molar-refractivity contribution in [2.45, 2.75) is 71.4 Å². The van der Waals surface area contributed by atoms with E-state index in [1.54, 1.807) is 6.20 Å². The second kappa shape index (κ2) is 11.7. The molecular formula is C29H41N5O4. The number of carbonyl (C=O) groups is 2. The zero-order valence-corrected chi connectivity index (χ0v) is 23.3. The minimum atomic E-state index is -0.582. The van der Waals surface area contributed by atoms with Gasteiger partial charge in [0.15, 0.2) is 0 Å². The van der Waals surface area contributed by atoms with Crippen molar-refractivity contribution < 1.29 is 19.1 Å². The highest BCUT2D eigenvalue weighted by Crippen LogP contribution is 2.45. The van der Waals surface area contributed by atoms with Gasteiger partial charge in [0.05, 0.1) is 30.1 Å². The standard InChI is InChI=1S/C29H41N5O4/c1-6-20-17-30-16-13-29(20)19-34(25(35)12-15-32-27(36)38-28(3,4)5)18-24-22(29)10-11-23(33-24)21-9-8-14-31-26(21)37-7-2/h8-11,14,20,30H,6-7,12-13,15-19H2,1-5H3,(H,32,36)/t20-,29+/m1/s1. The molecule has 1 spiro atoms. The zero-order chi connectivity index (χ0) is 27.3. The molecule has 4 rings (SSSR count). The third-order valence-electron chi connectivity index (χ3n) is 7.43. The van der Waals surface area contributed by atoms with E-state index in [9.17, 15) is 9.59 Å². The van der Waals surface area contributed by atoms with Crippen molar-refractivity contribution in [1.82, 2.24) is 25.5 Å². The summed E-state index contributed by atoms with van der Waals surface area (Å²) in [5.41, 5.74) is 3.06. The maximum Gasteiger partial charge on any atom is 0.407 e. The number of pyridine rings is 2. The van der Waals surface area contributed by atoms with Crippen LogP contribution in [0.25, 0.3) is 11.3 Å². The largest absolute Gasteiger partial charge is 0.477 e. The number of aromatic nitrogens is 2. The highest BCUT2D eigenvalue weighted by molar-refractivity contribution is 5.78. The fourth-order valence-corrected chi connectivity index (χ4v) is 5.73. The Hall–Kier alpha value is -3.20. The Kier molecular flexibility index (Phi) is 8.55. The fourth-order valence-electron chi connectivity index (χ4n) is 5.73. The summed E-state index contributed by atoms with van der Waals surface area (Å²) in [6.45, 7) is 13.2. The second-order valence-corrected chi connectivity index (χ2v) is 11.1. The number of rotatable bonds is 7. The lowest BCUT2D eigenvalue weighted by molar-refractivity contribution is -0.134. The third kappa shape index (κ3) is 6.09. The fraction of sp³-hybridized carbons (Fsp3) is 0.586. The molecule has 0 unspecified atom stereocenters. The highest BCUT2D eigenvalue weighted by Gasteiger charge is 2.47. The van der Waals surface area contributed by atoms with Crippen LogP contribution in [-0.4, -0.2) is 65.3 Å². The van der Waals surface area contributed by atoms with Crippen molar-refractivity contribution >= 4 is 12.0 Å². The van der Waals surface area contributed by atoms with Gasteiger partial charge in [-0.05, 0) is 76.9 Å². The van der Waals surface area contributed by atoms with Crippen LogP contribution in [0.4, 0.5) is 4.79 Å². The summed E-state index contributed by atoms with van der Waals surface area (Å²) in [6.07, 6.45) is 3.36. The molecule has 2 N–H and O–H groups in total. The molecule has 2 aromatic heterocycles. The monoisotopic (exact) mass is 523 g/mol. The maximum absolute atomic E-state index is 13.5. The molecule has 9 heteroatoms. The Labute approximate surface area is 225 Å². The Bertz CT molecular complexity index is 1150. The van der Waals surface area contributed by atoms with E-state index >= 15 is 0 Å². The smallest absolute Gasteiger partial charge is 0.407 e. The van der Waals surface area contributed by atoms with Crippen LogP contribution in [0, 0.1) is 5.92 Å². The van der Waals surface area contributed by atoms with Crippen molar-refractivity contribution in [3.05, 3.63) is 41.7 Å². The number of alkyl carbamates (subject to hydrolysis) is 1. The number of hydrogen-bond acceptors (Lipinski definition) is 7. The van der Waals surface area contributed by atoms with Gasteiger partial charge in [-0.25, -0.2) is 9.78 Å². The normalized spacial score (nSPS) is 21.1. The van der Waals surface area contributed by atoms with Crippen LogP contribution in [-0.2, 0) is 21.5 Å². The number of hydrogen-bond donors (Lipinski definition) is 2. The summed E-state index contributed by atoms with van der Waals surface area (Å²) in [5, 5.41) is 6.26. The van der Waals surface area contributed by atoms with E-state index in [-0.39, 0.29) is 24.3 Å². The summed E-state index contributed by atoms with van der Waals surface area (Å²) in [5.74, 6) is 0.945. The topological polar surface area (TPSA) is 106 Å². The first-order valence-electron chi connectivity index (χ1n) is 13.7. The van der Waals surface area contributed by atoms with Gasteiger partial charge < -0.3 is 25.0 Å². The lowest BCUT2D eigenvalue weighted by Crippen LogP contribution is -2.57. The molecule has 2 atom stereocenters. The predicted octanol–water partition coefficient (Wildman–Crippen LogP) is 4.06. The zero-order valence-electron chi connectivity index (χ0n) is 23.3. The number of fused-ring (bicyclic) bond motifs is 2. The number of nitrogens with one attached hydrogen (secondary N) is 2. The van der Waals surface area contributed by atoms with Crippen molar-refractivity contribution in [2.24, 2.45) is 5.92 Å². The molecule has 4 heterocycles. The molecule has 1 fully saturated rings. The molecule has 206 valence electrons. The van der Waals surface area contributed by atoms with Crippen LogP contribution >= 0.6 is 0 Å². The van der Waals surface area contributed by atoms with Gasteiger partial charge in [-0.2, -0.15) is 0 Å². The Morgan fingerprint density at radius 1 is 1.24 bits per heavy atom. The number of carbonyl (C=O) groups excluding carboxylic acids is 2. The van der Waals surface area contributed by atoms with E-state index in [4.69, 9.17) is 14.5 Å². The molecule has 0 aromatic carbocycles. The first-order valence-corrected chi connectivity index (χ1v) is 13.7. The second-order valence-electron chi connectivity index (χ2n) is 11.1. The molecule has 2 amide bonds. The predicted molar refractivity (Wildman–Crippen MR) is 146 cm³/mol. The molecule has 2 aliphatic heterocycles. The van der Waals surface area contributed by atoms with Crippen LogP contribution in [0.5, 0.6) is 5.88 Å². The van der Waals surface area contributed by atoms with Crippen LogP contribution in [0.1, 0.15) is 65.1 Å². The molecule has 38 heavy (non-hydrogen) atoms. The van der Waals surface area contributed by atoms with Crippen LogP contribution in [0.15, 0.2) is 30.5 Å². The third-order valence-corrected chi connectivity index (χ3v) is 7.43. The van der Waals surface area contributed by atoms with Gasteiger partial charge in [0.25, 0.3) is 0 Å². The molecule has 0 aliphatic carbocycles. The summed E-state index contributed by atoms with van der Waals surface area (Å²) in [6, 6.07) is 8.13. The molecule has 0 radical (unpaired) electrons. The Balaban J connectivity index is 1.61. The number of nitrogens with zero attached hydrogens (tertiary/aromatic N) is 3. The van der Waals surface area contributed by atoms with Crippen LogP contribution in [0.3, 0.4) is 0 Å². The Morgan fingerprint density at radius 3 is 2.79 bits per heavy atom. The molecule has 9 nitrogen and oxygen atoms in total. The van der Waals surface area contributed by atoms with Crippen molar-refractivity contribution in [3.8, 4) is 17.1 Å². The van der Waals surface area contributed by atoms with E-state index in [0.717, 1.165) is 42.9 Å². The van der Waals surface area contributed by atoms with Crippen LogP contribution < -0.4 is 15.4 Å². The number of piperidine rings is 1. The quantitative estimate of drug-likeness (QED) is 0.564. The lowest BCUT2D eigenvalue weighted by atomic mass is 9.63. The van der Waals surface area contributed by atoms with Gasteiger partial charge in [0.1, 0.15) is 5.60 Å². The van der Waals surface area contributed by atoms with E-state index < -0.39 is 11.7 Å². The molecule has 2 aromatic rings. The minimum Gasteiger partial charge on any atom is -0.477 e. The number of amides is 2. The van der Waals surface area contributed by atoms with E-state index in [1.807, 2.05) is 44.7 Å². The summed E-state index contributed by atoms with van der Waals surface area (Å²) in [4.78, 5) is 36.9. The summed E-state index contributed by atoms with van der Waals surface area (Å²) >= 11 is 0. The van der Waals surface area contributed by atoms with E-state index in [1.165, 1.54) is 5.56 Å². The molecule has 2 aliphatic rings. The van der Waals surface area contributed by atoms with Crippen LogP contribution in [0.2, 0.25) is 0 Å². The molecular weight excluding hydrogens is 482 g/mol. The van der Waals surface area contributed by atoms with Crippen molar-refractivity contribution in [3.63, 3.8) is 0 Å². The van der Waals surface area contributed by atoms with E-state index in [2.05, 4.69) is 34.7 Å². The molecule has 0 saturated carbocycles. The minimum absolute atomic E-state index is 0.00283. The first-order chi connectivity index (χ1) is 18.2. The average Bonchev–Trinajstić information content (AvgIpc) is 2.88. The Morgan fingerprint density at radius 2 is 2.05 bits per heavy atom. The summed E-state index contributed by atoms with van der Waals surface area (Å²) in [7, 11) is 0. The lowest BCUT2D eigenvalue weighted by Gasteiger charge is -2.50. The average molecular weight is 524 g/mol. The molecule has 0 bridgehead atoms.